The highest BCUT2D eigenvalue weighted by atomic mass is 35.5. The van der Waals surface area contributed by atoms with Gasteiger partial charge < -0.3 is 15.5 Å². The molecule has 0 aromatic carbocycles. The first-order valence-electron chi connectivity index (χ1n) is 4.87. The van der Waals surface area contributed by atoms with Gasteiger partial charge in [0, 0.05) is 0 Å². The molecule has 1 aromatic rings. The number of halogens is 2. The highest BCUT2D eigenvalue weighted by molar-refractivity contribution is 6.32. The first-order chi connectivity index (χ1) is 8.81. The van der Waals surface area contributed by atoms with Gasteiger partial charge in [-0.1, -0.05) is 11.6 Å². The maximum atomic E-state index is 12.9. The number of carboxylic acid groups (broad SMARTS) is 2. The van der Waals surface area contributed by atoms with Crippen molar-refractivity contribution in [2.75, 3.05) is 0 Å². The summed E-state index contributed by atoms with van der Waals surface area (Å²) in [6.45, 7) is 0. The van der Waals surface area contributed by atoms with Crippen LogP contribution in [0.3, 0.4) is 0 Å². The van der Waals surface area contributed by atoms with Gasteiger partial charge in [0.05, 0.1) is 18.2 Å². The van der Waals surface area contributed by atoms with E-state index in [2.05, 4.69) is 4.98 Å². The summed E-state index contributed by atoms with van der Waals surface area (Å²) in [6, 6.07) is -0.881. The number of rotatable bonds is 5. The predicted octanol–water partition coefficient (Wildman–Crippen LogP) is 0.532. The Hall–Kier alpha value is -2.22. The van der Waals surface area contributed by atoms with Crippen molar-refractivity contribution in [1.29, 1.82) is 0 Å². The lowest BCUT2D eigenvalue weighted by atomic mass is 10.2. The van der Waals surface area contributed by atoms with Crippen molar-refractivity contribution in [2.24, 2.45) is 0 Å². The van der Waals surface area contributed by atoms with Gasteiger partial charge in [-0.05, 0) is 6.07 Å². The van der Waals surface area contributed by atoms with E-state index in [1.54, 1.807) is 0 Å². The number of nitrogens with one attached hydrogen (secondary N) is 1. The summed E-state index contributed by atoms with van der Waals surface area (Å²) in [7, 11) is 0. The number of carboxylic acids is 2. The van der Waals surface area contributed by atoms with Crippen LogP contribution < -0.4 is 5.32 Å². The lowest BCUT2D eigenvalue weighted by Crippen LogP contribution is -2.42. The number of nitrogens with zero attached hydrogens (tertiary/aromatic N) is 1. The lowest BCUT2D eigenvalue weighted by molar-refractivity contribution is -0.145. The molecule has 102 valence electrons. The molecule has 1 heterocycles. The van der Waals surface area contributed by atoms with E-state index in [-0.39, 0.29) is 10.7 Å². The molecule has 19 heavy (non-hydrogen) atoms. The molecule has 1 rings (SSSR count). The number of carbonyl (C=O) groups is 3. The molecule has 0 fully saturated rings. The number of amides is 1. The van der Waals surface area contributed by atoms with Crippen LogP contribution in [0.15, 0.2) is 12.3 Å². The minimum atomic E-state index is -1.65. The molecule has 0 saturated carbocycles. The molecule has 0 aliphatic rings. The topological polar surface area (TPSA) is 117 Å². The summed E-state index contributed by atoms with van der Waals surface area (Å²) in [6.07, 6.45) is -0.0352. The Labute approximate surface area is 111 Å². The van der Waals surface area contributed by atoms with E-state index >= 15 is 0 Å². The van der Waals surface area contributed by atoms with Crippen molar-refractivity contribution in [3.05, 3.63) is 28.8 Å². The Morgan fingerprint density at radius 3 is 2.58 bits per heavy atom. The third-order valence-electron chi connectivity index (χ3n) is 2.03. The minimum absolute atomic E-state index is 0.321. The lowest BCUT2D eigenvalue weighted by Gasteiger charge is -2.12. The SMILES string of the molecule is O=C(O)C[C@@H](NC(=O)c1cc(F)cnc1Cl)C(=O)O. The maximum absolute atomic E-state index is 12.9. The van der Waals surface area contributed by atoms with Gasteiger partial charge in [0.25, 0.3) is 5.91 Å². The van der Waals surface area contributed by atoms with Gasteiger partial charge in [0.2, 0.25) is 0 Å². The molecule has 0 aliphatic heterocycles. The second kappa shape index (κ2) is 6.10. The van der Waals surface area contributed by atoms with E-state index in [4.69, 9.17) is 21.8 Å². The van der Waals surface area contributed by atoms with Gasteiger partial charge >= 0.3 is 11.9 Å². The normalized spacial score (nSPS) is 11.7. The zero-order chi connectivity index (χ0) is 14.6. The van der Waals surface area contributed by atoms with Gasteiger partial charge in [0.15, 0.2) is 0 Å². The highest BCUT2D eigenvalue weighted by Crippen LogP contribution is 2.14. The smallest absolute Gasteiger partial charge is 0.326 e. The van der Waals surface area contributed by atoms with E-state index in [0.717, 1.165) is 12.3 Å². The number of aromatic nitrogens is 1. The van der Waals surface area contributed by atoms with Gasteiger partial charge in [0.1, 0.15) is 17.0 Å². The monoisotopic (exact) mass is 290 g/mol. The van der Waals surface area contributed by atoms with E-state index < -0.39 is 36.1 Å². The number of pyridine rings is 1. The van der Waals surface area contributed by atoms with E-state index in [1.165, 1.54) is 0 Å². The summed E-state index contributed by atoms with van der Waals surface area (Å²) in [4.78, 5) is 36.2. The first kappa shape index (κ1) is 14.8. The Morgan fingerprint density at radius 1 is 1.42 bits per heavy atom. The largest absolute Gasteiger partial charge is 0.481 e. The van der Waals surface area contributed by atoms with Crippen molar-refractivity contribution in [3.63, 3.8) is 0 Å². The molecule has 0 aliphatic carbocycles. The first-order valence-corrected chi connectivity index (χ1v) is 5.25. The summed E-state index contributed by atoms with van der Waals surface area (Å²) in [5.74, 6) is -4.79. The molecule has 3 N–H and O–H groups in total. The van der Waals surface area contributed by atoms with Crippen LogP contribution in [-0.2, 0) is 9.59 Å². The summed E-state index contributed by atoms with van der Waals surface area (Å²) < 4.78 is 12.9. The average molecular weight is 291 g/mol. The molecule has 1 aromatic heterocycles. The van der Waals surface area contributed by atoms with Crippen molar-refractivity contribution >= 4 is 29.4 Å². The molecule has 0 bridgehead atoms. The van der Waals surface area contributed by atoms with Crippen LogP contribution in [0.25, 0.3) is 0 Å². The molecule has 1 atom stereocenters. The van der Waals surface area contributed by atoms with Crippen LogP contribution in [0.4, 0.5) is 4.39 Å². The molecule has 0 unspecified atom stereocenters. The fraction of sp³-hybridized carbons (Fsp3) is 0.200. The molecule has 0 radical (unpaired) electrons. The Bertz CT molecular complexity index is 537. The van der Waals surface area contributed by atoms with E-state index in [9.17, 15) is 18.8 Å². The predicted molar refractivity (Wildman–Crippen MR) is 60.3 cm³/mol. The van der Waals surface area contributed by atoms with Crippen molar-refractivity contribution in [2.45, 2.75) is 12.5 Å². The van der Waals surface area contributed by atoms with Gasteiger partial charge in [-0.25, -0.2) is 14.2 Å². The minimum Gasteiger partial charge on any atom is -0.481 e. The van der Waals surface area contributed by atoms with Crippen molar-refractivity contribution in [1.82, 2.24) is 10.3 Å². The average Bonchev–Trinajstić information content (AvgIpc) is 2.30. The zero-order valence-corrected chi connectivity index (χ0v) is 10.0. The Morgan fingerprint density at radius 2 is 2.05 bits per heavy atom. The second-order valence-corrected chi connectivity index (χ2v) is 3.81. The summed E-state index contributed by atoms with van der Waals surface area (Å²) >= 11 is 5.56. The van der Waals surface area contributed by atoms with Crippen LogP contribution in [0.5, 0.6) is 0 Å². The molecular formula is C10H8ClFN2O5. The molecule has 9 heteroatoms. The molecule has 7 nitrogen and oxygen atoms in total. The van der Waals surface area contributed by atoms with Gasteiger partial charge in [-0.15, -0.1) is 0 Å². The second-order valence-electron chi connectivity index (χ2n) is 3.45. The molecule has 0 saturated heterocycles. The molecule has 0 spiro atoms. The number of aliphatic carboxylic acids is 2. The molecule has 1 amide bonds. The van der Waals surface area contributed by atoms with Crippen molar-refractivity contribution < 1.29 is 29.0 Å². The quantitative estimate of drug-likeness (QED) is 0.681. The van der Waals surface area contributed by atoms with E-state index in [1.807, 2.05) is 5.32 Å². The third-order valence-corrected chi connectivity index (χ3v) is 2.33. The fourth-order valence-electron chi connectivity index (χ4n) is 1.19. The molecular weight excluding hydrogens is 283 g/mol. The summed E-state index contributed by atoms with van der Waals surface area (Å²) in [5.41, 5.74) is -0.377. The zero-order valence-electron chi connectivity index (χ0n) is 9.26. The van der Waals surface area contributed by atoms with Crippen molar-refractivity contribution in [3.8, 4) is 0 Å². The van der Waals surface area contributed by atoms with Crippen LogP contribution >= 0.6 is 11.6 Å². The van der Waals surface area contributed by atoms with Crippen LogP contribution in [0, 0.1) is 5.82 Å². The standard InChI is InChI=1S/C10H8ClFN2O5/c11-8-5(1-4(12)3-13-8)9(17)14-6(10(18)19)2-7(15)16/h1,3,6H,2H2,(H,14,17)(H,15,16)(H,18,19)/t6-/m1/s1. The van der Waals surface area contributed by atoms with Crippen LogP contribution in [0.1, 0.15) is 16.8 Å². The number of hydrogen-bond acceptors (Lipinski definition) is 4. The highest BCUT2D eigenvalue weighted by Gasteiger charge is 2.24. The van der Waals surface area contributed by atoms with E-state index in [0.29, 0.717) is 0 Å². The van der Waals surface area contributed by atoms with Crippen LogP contribution in [0.2, 0.25) is 5.15 Å². The number of hydrogen-bond donors (Lipinski definition) is 3. The summed E-state index contributed by atoms with van der Waals surface area (Å²) in [5, 5.41) is 18.8. The van der Waals surface area contributed by atoms with Gasteiger partial charge in [-0.3, -0.25) is 9.59 Å². The Balaban J connectivity index is 2.90. The third kappa shape index (κ3) is 4.18. The van der Waals surface area contributed by atoms with Crippen LogP contribution in [-0.4, -0.2) is 39.1 Å². The fourth-order valence-corrected chi connectivity index (χ4v) is 1.38. The Kier molecular flexibility index (Phi) is 4.76. The number of carbonyl (C=O) groups excluding carboxylic acids is 1. The maximum Gasteiger partial charge on any atom is 0.326 e. The van der Waals surface area contributed by atoms with Gasteiger partial charge in [-0.2, -0.15) is 0 Å².